The third-order valence-electron chi connectivity index (χ3n) is 4.03. The van der Waals surface area contributed by atoms with Gasteiger partial charge in [-0.3, -0.25) is 0 Å². The first-order valence-corrected chi connectivity index (χ1v) is 9.89. The third kappa shape index (κ3) is 3.17. The van der Waals surface area contributed by atoms with Crippen LogP contribution in [0.2, 0.25) is 0 Å². The molecule has 1 N–H and O–H groups in total. The molecule has 25 heavy (non-hydrogen) atoms. The largest absolute Gasteiger partial charge is 0.360 e. The molecule has 0 aliphatic heterocycles. The molecule has 7 heteroatoms. The molecule has 0 radical (unpaired) electrons. The van der Waals surface area contributed by atoms with Gasteiger partial charge in [0.1, 0.15) is 5.82 Å². The topological polar surface area (TPSA) is 55.1 Å². The molecule has 0 aromatic carbocycles. The van der Waals surface area contributed by atoms with Crippen LogP contribution in [0.4, 0.5) is 5.82 Å². The maximum absolute atomic E-state index is 4.74. The van der Waals surface area contributed by atoms with Gasteiger partial charge in [-0.2, -0.15) is 15.9 Å². The molecule has 0 bridgehead atoms. The highest BCUT2D eigenvalue weighted by molar-refractivity contribution is 7.10. The zero-order valence-corrected chi connectivity index (χ0v) is 15.9. The zero-order valence-electron chi connectivity index (χ0n) is 14.3. The highest BCUT2D eigenvalue weighted by Gasteiger charge is 2.27. The Morgan fingerprint density at radius 2 is 1.96 bits per heavy atom. The van der Waals surface area contributed by atoms with Gasteiger partial charge in [0.25, 0.3) is 0 Å². The van der Waals surface area contributed by atoms with Crippen molar-refractivity contribution in [3.8, 4) is 11.4 Å². The maximum atomic E-state index is 4.74. The predicted octanol–water partition coefficient (Wildman–Crippen LogP) is 5.11. The molecule has 0 spiro atoms. The van der Waals surface area contributed by atoms with Crippen LogP contribution < -0.4 is 5.32 Å². The molecule has 4 heterocycles. The van der Waals surface area contributed by atoms with Crippen molar-refractivity contribution in [3.05, 3.63) is 51.3 Å². The van der Waals surface area contributed by atoms with Crippen LogP contribution in [0, 0.1) is 5.41 Å². The van der Waals surface area contributed by atoms with Crippen LogP contribution in [-0.4, -0.2) is 19.8 Å². The third-order valence-corrected chi connectivity index (χ3v) is 5.65. The first kappa shape index (κ1) is 16.2. The Bertz CT molecular complexity index is 965. The zero-order chi connectivity index (χ0) is 17.4. The minimum atomic E-state index is 0.0604. The number of hydrogen-bond donors (Lipinski definition) is 1. The van der Waals surface area contributed by atoms with Gasteiger partial charge in [0, 0.05) is 15.8 Å². The van der Waals surface area contributed by atoms with E-state index >= 15 is 0 Å². The number of fused-ring (bicyclic) bond motifs is 1. The van der Waals surface area contributed by atoms with Gasteiger partial charge in [0.05, 0.1) is 6.04 Å². The van der Waals surface area contributed by atoms with E-state index in [1.807, 2.05) is 23.6 Å². The minimum Gasteiger partial charge on any atom is -0.360 e. The second kappa shape index (κ2) is 6.24. The fourth-order valence-corrected chi connectivity index (χ4v) is 4.41. The Hall–Kier alpha value is -2.25. The lowest BCUT2D eigenvalue weighted by atomic mass is 9.86. The normalized spacial score (nSPS) is 13.2. The molecule has 4 rings (SSSR count). The highest BCUT2D eigenvalue weighted by atomic mass is 32.1. The molecule has 0 fully saturated rings. The van der Waals surface area contributed by atoms with Gasteiger partial charge in [-0.1, -0.05) is 26.8 Å². The minimum absolute atomic E-state index is 0.0604. The fraction of sp³-hybridized carbons (Fsp3) is 0.278. The lowest BCUT2D eigenvalue weighted by Gasteiger charge is -2.31. The first-order valence-electron chi connectivity index (χ1n) is 8.07. The van der Waals surface area contributed by atoms with Crippen LogP contribution in [0.5, 0.6) is 0 Å². The molecule has 4 aromatic heterocycles. The van der Waals surface area contributed by atoms with Gasteiger partial charge in [0.15, 0.2) is 11.5 Å². The van der Waals surface area contributed by atoms with Crippen LogP contribution in [0.1, 0.15) is 31.7 Å². The summed E-state index contributed by atoms with van der Waals surface area (Å²) in [5.74, 6) is 1.58. The molecule has 1 atom stereocenters. The van der Waals surface area contributed by atoms with Crippen molar-refractivity contribution < 1.29 is 0 Å². The van der Waals surface area contributed by atoms with E-state index in [0.717, 1.165) is 22.9 Å². The number of anilines is 1. The summed E-state index contributed by atoms with van der Waals surface area (Å²) < 4.78 is 1.80. The maximum Gasteiger partial charge on any atom is 0.186 e. The molecule has 0 saturated heterocycles. The number of aromatic nitrogens is 4. The second-order valence-corrected chi connectivity index (χ2v) is 8.74. The smallest absolute Gasteiger partial charge is 0.186 e. The summed E-state index contributed by atoms with van der Waals surface area (Å²) in [4.78, 5) is 1.30. The average Bonchev–Trinajstić information content (AvgIpc) is 3.30. The van der Waals surface area contributed by atoms with E-state index < -0.39 is 0 Å². The molecule has 0 amide bonds. The van der Waals surface area contributed by atoms with Crippen molar-refractivity contribution in [2.24, 2.45) is 5.41 Å². The van der Waals surface area contributed by atoms with Crippen molar-refractivity contribution in [3.63, 3.8) is 0 Å². The van der Waals surface area contributed by atoms with Crippen molar-refractivity contribution >= 4 is 34.1 Å². The van der Waals surface area contributed by atoms with Crippen molar-refractivity contribution in [2.45, 2.75) is 26.8 Å². The summed E-state index contributed by atoms with van der Waals surface area (Å²) in [6.45, 7) is 6.70. The summed E-state index contributed by atoms with van der Waals surface area (Å²) in [5, 5.41) is 23.1. The lowest BCUT2D eigenvalue weighted by molar-refractivity contribution is 0.350. The van der Waals surface area contributed by atoms with Crippen molar-refractivity contribution in [1.82, 2.24) is 19.8 Å². The Balaban J connectivity index is 1.73. The molecule has 0 aliphatic rings. The quantitative estimate of drug-likeness (QED) is 0.543. The summed E-state index contributed by atoms with van der Waals surface area (Å²) >= 11 is 3.40. The van der Waals surface area contributed by atoms with Crippen LogP contribution in [0.3, 0.4) is 0 Å². The number of hydrogen-bond acceptors (Lipinski definition) is 6. The van der Waals surface area contributed by atoms with E-state index in [9.17, 15) is 0 Å². The van der Waals surface area contributed by atoms with Gasteiger partial charge in [-0.25, -0.2) is 0 Å². The van der Waals surface area contributed by atoms with Crippen LogP contribution in [0.15, 0.2) is 46.5 Å². The second-order valence-electron chi connectivity index (χ2n) is 6.98. The predicted molar refractivity (Wildman–Crippen MR) is 104 cm³/mol. The van der Waals surface area contributed by atoms with E-state index in [-0.39, 0.29) is 11.5 Å². The first-order chi connectivity index (χ1) is 12.0. The van der Waals surface area contributed by atoms with Crippen LogP contribution in [0.25, 0.3) is 17.0 Å². The summed E-state index contributed by atoms with van der Waals surface area (Å²) in [5.41, 5.74) is 1.84. The summed E-state index contributed by atoms with van der Waals surface area (Å²) in [6.07, 6.45) is 0. The van der Waals surface area contributed by atoms with Gasteiger partial charge < -0.3 is 5.32 Å². The Morgan fingerprint density at radius 3 is 2.64 bits per heavy atom. The monoisotopic (exact) mass is 369 g/mol. The van der Waals surface area contributed by atoms with Crippen LogP contribution >= 0.6 is 22.7 Å². The van der Waals surface area contributed by atoms with E-state index in [1.165, 1.54) is 4.88 Å². The van der Waals surface area contributed by atoms with E-state index in [0.29, 0.717) is 0 Å². The average molecular weight is 370 g/mol. The van der Waals surface area contributed by atoms with Crippen LogP contribution in [-0.2, 0) is 0 Å². The molecule has 0 aliphatic carbocycles. The molecule has 0 saturated carbocycles. The standard InChI is InChI=1S/C18H19N5S2/c1-18(2,3)16(13-5-4-9-25-13)19-14-6-7-15-20-21-17(23(15)22-14)12-8-10-24-11-12/h4-11,16H,1-3H3,(H,19,22). The van der Waals surface area contributed by atoms with Gasteiger partial charge >= 0.3 is 0 Å². The summed E-state index contributed by atoms with van der Waals surface area (Å²) in [7, 11) is 0. The number of nitrogens with zero attached hydrogens (tertiary/aromatic N) is 4. The van der Waals surface area contributed by atoms with Gasteiger partial charge in [-0.05, 0) is 40.4 Å². The van der Waals surface area contributed by atoms with E-state index in [2.05, 4.69) is 59.2 Å². The van der Waals surface area contributed by atoms with Crippen molar-refractivity contribution in [1.29, 1.82) is 0 Å². The molecule has 4 aromatic rings. The van der Waals surface area contributed by atoms with Gasteiger partial charge in [-0.15, -0.1) is 26.6 Å². The van der Waals surface area contributed by atoms with Crippen molar-refractivity contribution in [2.75, 3.05) is 5.32 Å². The Labute approximate surface area is 154 Å². The number of rotatable bonds is 4. The van der Waals surface area contributed by atoms with E-state index in [1.54, 1.807) is 27.2 Å². The molecular weight excluding hydrogens is 350 g/mol. The fourth-order valence-electron chi connectivity index (χ4n) is 2.76. The Morgan fingerprint density at radius 1 is 1.08 bits per heavy atom. The molecule has 5 nitrogen and oxygen atoms in total. The lowest BCUT2D eigenvalue weighted by Crippen LogP contribution is -2.25. The SMILES string of the molecule is CC(C)(C)C(Nc1ccc2nnc(-c3ccsc3)n2n1)c1cccs1. The van der Waals surface area contributed by atoms with Gasteiger partial charge in [0.2, 0.25) is 0 Å². The molecule has 128 valence electrons. The summed E-state index contributed by atoms with van der Waals surface area (Å²) in [6, 6.07) is 10.4. The number of nitrogens with one attached hydrogen (secondary N) is 1. The van der Waals surface area contributed by atoms with E-state index in [4.69, 9.17) is 5.10 Å². The molecule has 1 unspecified atom stereocenters. The number of thiophene rings is 2. The highest BCUT2D eigenvalue weighted by Crippen LogP contribution is 2.37. The Kier molecular flexibility index (Phi) is 4.05. The molecular formula is C18H19N5S2.